The van der Waals surface area contributed by atoms with E-state index in [-0.39, 0.29) is 22.7 Å². The lowest BCUT2D eigenvalue weighted by molar-refractivity contribution is -0.129. The van der Waals surface area contributed by atoms with Crippen molar-refractivity contribution in [2.45, 2.75) is 39.7 Å². The summed E-state index contributed by atoms with van der Waals surface area (Å²) in [4.78, 5) is 41.1. The number of carbonyl (C=O) groups is 1. The van der Waals surface area contributed by atoms with Gasteiger partial charge in [-0.2, -0.15) is 0 Å². The van der Waals surface area contributed by atoms with Crippen molar-refractivity contribution in [3.05, 3.63) is 26.4 Å². The van der Waals surface area contributed by atoms with Crippen LogP contribution < -0.4 is 11.2 Å². The Balaban J connectivity index is 2.04. The van der Waals surface area contributed by atoms with E-state index >= 15 is 0 Å². The van der Waals surface area contributed by atoms with Crippen LogP contribution in [0.2, 0.25) is 0 Å². The minimum atomic E-state index is -0.625. The average Bonchev–Trinajstić information content (AvgIpc) is 2.84. The molecule has 130 valence electrons. The van der Waals surface area contributed by atoms with Crippen LogP contribution in [0.5, 0.6) is 5.88 Å². The van der Waals surface area contributed by atoms with Gasteiger partial charge >= 0.3 is 5.69 Å². The van der Waals surface area contributed by atoms with Crippen molar-refractivity contribution in [2.75, 3.05) is 0 Å². The minimum Gasteiger partial charge on any atom is -0.494 e. The molecule has 1 aromatic heterocycles. The van der Waals surface area contributed by atoms with Crippen molar-refractivity contribution in [2.24, 2.45) is 35.8 Å². The summed E-state index contributed by atoms with van der Waals surface area (Å²) in [5, 5.41) is 10.1. The standard InChI is InChI=1S/C17H23N3O4/c1-16(2)10-6-7-17(16,3)12(21)11(10)18-8-9-13(22)19(4)15(24)20(5)14(9)23/h8,10-11,22H,6-7H2,1-5H3/t10-,11-,17-/m0/s1. The lowest BCUT2D eigenvalue weighted by atomic mass is 9.70. The van der Waals surface area contributed by atoms with Gasteiger partial charge in [0.2, 0.25) is 5.88 Å². The fourth-order valence-electron chi connectivity index (χ4n) is 4.34. The number of rotatable bonds is 2. The molecule has 24 heavy (non-hydrogen) atoms. The first kappa shape index (κ1) is 16.7. The molecule has 2 fully saturated rings. The summed E-state index contributed by atoms with van der Waals surface area (Å²) in [6.45, 7) is 6.19. The number of aromatic nitrogens is 2. The highest BCUT2D eigenvalue weighted by atomic mass is 16.3. The number of nitrogens with zero attached hydrogens (tertiary/aromatic N) is 3. The molecule has 7 heteroatoms. The summed E-state index contributed by atoms with van der Waals surface area (Å²) >= 11 is 0. The fourth-order valence-corrected chi connectivity index (χ4v) is 4.34. The Morgan fingerprint density at radius 3 is 2.33 bits per heavy atom. The van der Waals surface area contributed by atoms with E-state index in [0.29, 0.717) is 0 Å². The maximum Gasteiger partial charge on any atom is 0.333 e. The topological polar surface area (TPSA) is 93.7 Å². The molecule has 2 aliphatic carbocycles. The second-order valence-electron chi connectivity index (χ2n) is 7.73. The van der Waals surface area contributed by atoms with Gasteiger partial charge in [-0.15, -0.1) is 0 Å². The highest BCUT2D eigenvalue weighted by Crippen LogP contribution is 2.64. The van der Waals surface area contributed by atoms with Crippen molar-refractivity contribution in [1.29, 1.82) is 0 Å². The number of fused-ring (bicyclic) bond motifs is 2. The number of aliphatic imine (C=N–C) groups is 1. The Hall–Kier alpha value is -2.18. The first-order valence-electron chi connectivity index (χ1n) is 8.10. The maximum absolute atomic E-state index is 12.8. The van der Waals surface area contributed by atoms with Crippen LogP contribution in [0.25, 0.3) is 0 Å². The van der Waals surface area contributed by atoms with Crippen LogP contribution in [0.4, 0.5) is 0 Å². The van der Waals surface area contributed by atoms with Crippen LogP contribution in [0.3, 0.4) is 0 Å². The molecule has 0 unspecified atom stereocenters. The third kappa shape index (κ3) is 1.84. The van der Waals surface area contributed by atoms with Gasteiger partial charge in [0.15, 0.2) is 5.78 Å². The molecule has 0 spiro atoms. The molecule has 0 radical (unpaired) electrons. The molecule has 1 aromatic rings. The van der Waals surface area contributed by atoms with Gasteiger partial charge in [0.25, 0.3) is 5.56 Å². The quantitative estimate of drug-likeness (QED) is 0.802. The maximum atomic E-state index is 12.8. The largest absolute Gasteiger partial charge is 0.494 e. The van der Waals surface area contributed by atoms with Crippen molar-refractivity contribution < 1.29 is 9.90 Å². The molecular weight excluding hydrogens is 310 g/mol. The van der Waals surface area contributed by atoms with Crippen molar-refractivity contribution in [3.8, 4) is 5.88 Å². The molecule has 1 N–H and O–H groups in total. The number of ketones is 1. The van der Waals surface area contributed by atoms with Gasteiger partial charge in [-0.1, -0.05) is 20.8 Å². The SMILES string of the molecule is Cn1c(O)c(C=N[C@@H]2C(=O)[C@]3(C)CC[C@@H]2C3(C)C)c(=O)n(C)c1=O. The lowest BCUT2D eigenvalue weighted by Crippen LogP contribution is -2.39. The van der Waals surface area contributed by atoms with E-state index in [1.807, 2.05) is 6.92 Å². The number of hydrogen-bond donors (Lipinski definition) is 1. The summed E-state index contributed by atoms with van der Waals surface area (Å²) in [7, 11) is 2.72. The van der Waals surface area contributed by atoms with Crippen molar-refractivity contribution in [3.63, 3.8) is 0 Å². The molecule has 2 saturated carbocycles. The first-order chi connectivity index (χ1) is 11.0. The predicted octanol–water partition coefficient (Wildman–Crippen LogP) is 0.602. The smallest absolute Gasteiger partial charge is 0.333 e. The predicted molar refractivity (Wildman–Crippen MR) is 89.6 cm³/mol. The molecule has 2 bridgehead atoms. The number of carbonyl (C=O) groups excluding carboxylic acids is 1. The molecule has 0 amide bonds. The van der Waals surface area contributed by atoms with E-state index in [0.717, 1.165) is 22.0 Å². The fraction of sp³-hybridized carbons (Fsp3) is 0.647. The van der Waals surface area contributed by atoms with Gasteiger partial charge < -0.3 is 5.11 Å². The molecule has 1 heterocycles. The average molecular weight is 333 g/mol. The van der Waals surface area contributed by atoms with E-state index in [1.165, 1.54) is 20.3 Å². The Bertz CT molecular complexity index is 877. The zero-order chi connectivity index (χ0) is 18.0. The van der Waals surface area contributed by atoms with E-state index in [9.17, 15) is 19.5 Å². The van der Waals surface area contributed by atoms with E-state index in [4.69, 9.17) is 0 Å². The van der Waals surface area contributed by atoms with Gasteiger partial charge in [-0.25, -0.2) is 4.79 Å². The third-order valence-corrected chi connectivity index (χ3v) is 6.53. The molecule has 0 saturated heterocycles. The van der Waals surface area contributed by atoms with E-state index in [1.54, 1.807) is 0 Å². The summed E-state index contributed by atoms with van der Waals surface area (Å²) in [5.74, 6) is -0.209. The van der Waals surface area contributed by atoms with E-state index in [2.05, 4.69) is 18.8 Å². The number of aromatic hydroxyl groups is 1. The monoisotopic (exact) mass is 333 g/mol. The number of Topliss-reactive ketones (excluding diaryl/α,β-unsaturated/α-hetero) is 1. The van der Waals surface area contributed by atoms with Gasteiger partial charge in [-0.05, 0) is 24.2 Å². The van der Waals surface area contributed by atoms with E-state index < -0.39 is 28.6 Å². The van der Waals surface area contributed by atoms with Gasteiger partial charge in [0.1, 0.15) is 11.6 Å². The number of hydrogen-bond acceptors (Lipinski definition) is 5. The zero-order valence-corrected chi connectivity index (χ0v) is 14.7. The van der Waals surface area contributed by atoms with Crippen LogP contribution in [0.15, 0.2) is 14.6 Å². The minimum absolute atomic E-state index is 0.0712. The summed E-state index contributed by atoms with van der Waals surface area (Å²) < 4.78 is 1.89. The van der Waals surface area contributed by atoms with Crippen LogP contribution in [0, 0.1) is 16.7 Å². The highest BCUT2D eigenvalue weighted by molar-refractivity contribution is 5.96. The lowest BCUT2D eigenvalue weighted by Gasteiger charge is -2.31. The third-order valence-electron chi connectivity index (χ3n) is 6.53. The van der Waals surface area contributed by atoms with Gasteiger partial charge in [-0.3, -0.25) is 23.7 Å². The van der Waals surface area contributed by atoms with Crippen LogP contribution in [-0.2, 0) is 18.9 Å². The first-order valence-corrected chi connectivity index (χ1v) is 8.10. The normalized spacial score (nSPS) is 31.3. The highest BCUT2D eigenvalue weighted by Gasteiger charge is 2.66. The molecule has 2 aliphatic rings. The summed E-state index contributed by atoms with van der Waals surface area (Å²) in [5.41, 5.74) is -1.84. The molecule has 3 atom stereocenters. The van der Waals surface area contributed by atoms with Gasteiger partial charge in [0, 0.05) is 25.7 Å². The Kier molecular flexibility index (Phi) is 3.41. The Morgan fingerprint density at radius 2 is 1.79 bits per heavy atom. The van der Waals surface area contributed by atoms with Crippen molar-refractivity contribution in [1.82, 2.24) is 9.13 Å². The van der Waals surface area contributed by atoms with Crippen molar-refractivity contribution >= 4 is 12.0 Å². The molecule has 0 aliphatic heterocycles. The second-order valence-corrected chi connectivity index (χ2v) is 7.73. The molecular formula is C17H23N3O4. The molecule has 7 nitrogen and oxygen atoms in total. The Morgan fingerprint density at radius 1 is 1.17 bits per heavy atom. The summed E-state index contributed by atoms with van der Waals surface area (Å²) in [6, 6.07) is -0.500. The van der Waals surface area contributed by atoms with Crippen LogP contribution in [-0.4, -0.2) is 32.3 Å². The van der Waals surface area contributed by atoms with Crippen LogP contribution in [0.1, 0.15) is 39.2 Å². The zero-order valence-electron chi connectivity index (χ0n) is 14.7. The summed E-state index contributed by atoms with van der Waals surface area (Å²) in [6.07, 6.45) is 3.04. The Labute approximate surface area is 139 Å². The molecule has 3 rings (SSSR count). The van der Waals surface area contributed by atoms with Gasteiger partial charge in [0.05, 0.1) is 0 Å². The van der Waals surface area contributed by atoms with Crippen LogP contribution >= 0.6 is 0 Å². The second kappa shape index (κ2) is 4.91. The molecule has 0 aromatic carbocycles.